The van der Waals surface area contributed by atoms with E-state index in [0.29, 0.717) is 11.4 Å². The number of amides is 1. The topological polar surface area (TPSA) is 60.3 Å². The molecule has 1 aromatic carbocycles. The van der Waals surface area contributed by atoms with Crippen LogP contribution in [0.25, 0.3) is 5.69 Å². The number of benzene rings is 1. The molecule has 0 unspecified atom stereocenters. The van der Waals surface area contributed by atoms with E-state index in [9.17, 15) is 14.0 Å². The second-order valence-electron chi connectivity index (χ2n) is 4.33. The van der Waals surface area contributed by atoms with Crippen LogP contribution in [0.1, 0.15) is 24.3 Å². The molecule has 1 N–H and O–H groups in total. The SMILES string of the molecule is CCOC(=O)c1c(NC(C)=O)ccn1-c1ccc(F)cc1. The molecular weight excluding hydrogens is 275 g/mol. The maximum absolute atomic E-state index is 13.0. The van der Waals surface area contributed by atoms with E-state index in [1.807, 2.05) is 0 Å². The number of rotatable bonds is 4. The lowest BCUT2D eigenvalue weighted by atomic mass is 10.3. The van der Waals surface area contributed by atoms with Gasteiger partial charge in [0.25, 0.3) is 0 Å². The lowest BCUT2D eigenvalue weighted by Crippen LogP contribution is -2.15. The molecule has 2 aromatic rings. The summed E-state index contributed by atoms with van der Waals surface area (Å²) in [4.78, 5) is 23.3. The summed E-state index contributed by atoms with van der Waals surface area (Å²) in [5.74, 6) is -1.22. The fraction of sp³-hybridized carbons (Fsp3) is 0.200. The zero-order valence-corrected chi connectivity index (χ0v) is 11.7. The maximum atomic E-state index is 13.0. The Hall–Kier alpha value is -2.63. The van der Waals surface area contributed by atoms with E-state index in [-0.39, 0.29) is 24.0 Å². The van der Waals surface area contributed by atoms with Crippen LogP contribution in [0.2, 0.25) is 0 Å². The zero-order chi connectivity index (χ0) is 15.4. The maximum Gasteiger partial charge on any atom is 0.357 e. The van der Waals surface area contributed by atoms with Gasteiger partial charge in [0, 0.05) is 18.8 Å². The van der Waals surface area contributed by atoms with Crippen molar-refractivity contribution in [3.05, 3.63) is 48.0 Å². The van der Waals surface area contributed by atoms with Gasteiger partial charge in [-0.3, -0.25) is 4.79 Å². The molecule has 6 heteroatoms. The average Bonchev–Trinajstić information content (AvgIpc) is 2.82. The molecule has 0 atom stereocenters. The molecule has 0 radical (unpaired) electrons. The Morgan fingerprint density at radius 3 is 2.48 bits per heavy atom. The highest BCUT2D eigenvalue weighted by atomic mass is 19.1. The molecule has 2 rings (SSSR count). The van der Waals surface area contributed by atoms with Crippen LogP contribution in [0.5, 0.6) is 0 Å². The highest BCUT2D eigenvalue weighted by Crippen LogP contribution is 2.23. The number of carbonyl (C=O) groups is 2. The first-order valence-corrected chi connectivity index (χ1v) is 6.45. The number of aromatic nitrogens is 1. The van der Waals surface area contributed by atoms with E-state index >= 15 is 0 Å². The van der Waals surface area contributed by atoms with E-state index in [0.717, 1.165) is 0 Å². The van der Waals surface area contributed by atoms with Crippen molar-refractivity contribution in [3.63, 3.8) is 0 Å². The van der Waals surface area contributed by atoms with Gasteiger partial charge in [-0.25, -0.2) is 9.18 Å². The molecule has 0 aliphatic carbocycles. The van der Waals surface area contributed by atoms with Gasteiger partial charge in [0.2, 0.25) is 5.91 Å². The quantitative estimate of drug-likeness (QED) is 0.881. The fourth-order valence-corrected chi connectivity index (χ4v) is 1.95. The van der Waals surface area contributed by atoms with Gasteiger partial charge in [0.15, 0.2) is 5.69 Å². The van der Waals surface area contributed by atoms with Gasteiger partial charge in [0.1, 0.15) is 5.82 Å². The van der Waals surface area contributed by atoms with Crippen LogP contribution >= 0.6 is 0 Å². The first-order valence-electron chi connectivity index (χ1n) is 6.45. The molecule has 110 valence electrons. The predicted molar refractivity (Wildman–Crippen MR) is 76.0 cm³/mol. The van der Waals surface area contributed by atoms with E-state index in [2.05, 4.69) is 5.32 Å². The first kappa shape index (κ1) is 14.8. The molecule has 0 saturated carbocycles. The predicted octanol–water partition coefficient (Wildman–Crippen LogP) is 2.75. The smallest absolute Gasteiger partial charge is 0.357 e. The Balaban J connectivity index is 2.49. The second-order valence-corrected chi connectivity index (χ2v) is 4.33. The first-order chi connectivity index (χ1) is 10.0. The van der Waals surface area contributed by atoms with Crippen LogP contribution in [0.15, 0.2) is 36.5 Å². The lowest BCUT2D eigenvalue weighted by molar-refractivity contribution is -0.114. The minimum atomic E-state index is -0.560. The molecule has 0 aliphatic heterocycles. The number of esters is 1. The van der Waals surface area contributed by atoms with Gasteiger partial charge >= 0.3 is 5.97 Å². The Labute approximate surface area is 121 Å². The summed E-state index contributed by atoms with van der Waals surface area (Å²) in [6.07, 6.45) is 1.62. The van der Waals surface area contributed by atoms with E-state index in [1.165, 1.54) is 31.2 Å². The molecular formula is C15H15FN2O3. The average molecular weight is 290 g/mol. The van der Waals surface area contributed by atoms with Crippen molar-refractivity contribution in [1.29, 1.82) is 0 Å². The van der Waals surface area contributed by atoms with Gasteiger partial charge in [0.05, 0.1) is 12.3 Å². The van der Waals surface area contributed by atoms with Crippen molar-refractivity contribution in [2.45, 2.75) is 13.8 Å². The Kier molecular flexibility index (Phi) is 4.37. The van der Waals surface area contributed by atoms with Crippen LogP contribution < -0.4 is 5.32 Å². The highest BCUT2D eigenvalue weighted by molar-refractivity contribution is 6.00. The van der Waals surface area contributed by atoms with Crippen molar-refractivity contribution >= 4 is 17.6 Å². The molecule has 0 saturated heterocycles. The summed E-state index contributed by atoms with van der Waals surface area (Å²) < 4.78 is 19.6. The number of carbonyl (C=O) groups excluding carboxylic acids is 2. The second kappa shape index (κ2) is 6.21. The van der Waals surface area contributed by atoms with Crippen LogP contribution in [-0.2, 0) is 9.53 Å². The molecule has 0 spiro atoms. The standard InChI is InChI=1S/C15H15FN2O3/c1-3-21-15(20)14-13(17-10(2)19)8-9-18(14)12-6-4-11(16)5-7-12/h4-9H,3H2,1-2H3,(H,17,19). The molecule has 1 heterocycles. The third-order valence-electron chi connectivity index (χ3n) is 2.77. The van der Waals surface area contributed by atoms with Crippen LogP contribution in [0.3, 0.4) is 0 Å². The normalized spacial score (nSPS) is 10.2. The summed E-state index contributed by atoms with van der Waals surface area (Å²) >= 11 is 0. The van der Waals surface area contributed by atoms with Gasteiger partial charge in [-0.15, -0.1) is 0 Å². The number of halogens is 1. The molecule has 0 fully saturated rings. The lowest BCUT2D eigenvalue weighted by Gasteiger charge is -2.11. The van der Waals surface area contributed by atoms with Crippen molar-refractivity contribution in [2.75, 3.05) is 11.9 Å². The zero-order valence-electron chi connectivity index (χ0n) is 11.7. The van der Waals surface area contributed by atoms with Gasteiger partial charge in [-0.1, -0.05) is 0 Å². The van der Waals surface area contributed by atoms with E-state index in [1.54, 1.807) is 23.8 Å². The Morgan fingerprint density at radius 2 is 1.90 bits per heavy atom. The van der Waals surface area contributed by atoms with E-state index < -0.39 is 5.97 Å². The minimum absolute atomic E-state index is 0.193. The van der Waals surface area contributed by atoms with Gasteiger partial charge in [-0.2, -0.15) is 0 Å². The van der Waals surface area contributed by atoms with Crippen molar-refractivity contribution in [2.24, 2.45) is 0 Å². The molecule has 21 heavy (non-hydrogen) atoms. The minimum Gasteiger partial charge on any atom is -0.461 e. The molecule has 0 bridgehead atoms. The number of anilines is 1. The fourth-order valence-electron chi connectivity index (χ4n) is 1.95. The Bertz CT molecular complexity index is 662. The number of hydrogen-bond acceptors (Lipinski definition) is 3. The van der Waals surface area contributed by atoms with Crippen LogP contribution in [0.4, 0.5) is 10.1 Å². The summed E-state index contributed by atoms with van der Waals surface area (Å²) in [5.41, 5.74) is 1.14. The third-order valence-corrected chi connectivity index (χ3v) is 2.77. The monoisotopic (exact) mass is 290 g/mol. The van der Waals surface area contributed by atoms with Crippen molar-refractivity contribution in [3.8, 4) is 5.69 Å². The molecule has 5 nitrogen and oxygen atoms in total. The van der Waals surface area contributed by atoms with Crippen molar-refractivity contribution < 1.29 is 18.7 Å². The Morgan fingerprint density at radius 1 is 1.24 bits per heavy atom. The molecule has 0 aliphatic rings. The largest absolute Gasteiger partial charge is 0.461 e. The van der Waals surface area contributed by atoms with Gasteiger partial charge < -0.3 is 14.6 Å². The van der Waals surface area contributed by atoms with Crippen molar-refractivity contribution in [1.82, 2.24) is 4.57 Å². The third kappa shape index (κ3) is 3.28. The van der Waals surface area contributed by atoms with Crippen LogP contribution in [0, 0.1) is 5.82 Å². The number of nitrogens with one attached hydrogen (secondary N) is 1. The number of ether oxygens (including phenoxy) is 1. The summed E-state index contributed by atoms with van der Waals surface area (Å²) in [6, 6.07) is 7.26. The summed E-state index contributed by atoms with van der Waals surface area (Å²) in [6.45, 7) is 3.26. The van der Waals surface area contributed by atoms with E-state index in [4.69, 9.17) is 4.74 Å². The number of nitrogens with zero attached hydrogens (tertiary/aromatic N) is 1. The molecule has 1 aromatic heterocycles. The van der Waals surface area contributed by atoms with Crippen LogP contribution in [-0.4, -0.2) is 23.1 Å². The number of hydrogen-bond donors (Lipinski definition) is 1. The summed E-state index contributed by atoms with van der Waals surface area (Å²) in [7, 11) is 0. The summed E-state index contributed by atoms with van der Waals surface area (Å²) in [5, 5.41) is 2.58. The van der Waals surface area contributed by atoms with Gasteiger partial charge in [-0.05, 0) is 37.3 Å². The highest BCUT2D eigenvalue weighted by Gasteiger charge is 2.20. The molecule has 1 amide bonds.